The molecule has 1 aliphatic heterocycles. The van der Waals surface area contributed by atoms with E-state index < -0.39 is 12.1 Å². The quantitative estimate of drug-likeness (QED) is 0.841. The summed E-state index contributed by atoms with van der Waals surface area (Å²) in [5.41, 5.74) is 6.78. The third-order valence-corrected chi connectivity index (χ3v) is 3.90. The molecule has 1 fully saturated rings. The molecule has 0 saturated carbocycles. The van der Waals surface area contributed by atoms with Crippen LogP contribution in [0.4, 0.5) is 18.9 Å². The Hall–Kier alpha value is -1.01. The summed E-state index contributed by atoms with van der Waals surface area (Å²) in [5, 5.41) is 0.459. The molecule has 1 aromatic rings. The normalized spacial score (nSPS) is 20.0. The van der Waals surface area contributed by atoms with Gasteiger partial charge in [-0.25, -0.2) is 0 Å². The molecule has 0 radical (unpaired) electrons. The number of thiocarbonyl (C=S) groups is 1. The first-order valence-electron chi connectivity index (χ1n) is 6.20. The second-order valence-electron chi connectivity index (χ2n) is 4.85. The lowest BCUT2D eigenvalue weighted by Gasteiger charge is -2.36. The highest BCUT2D eigenvalue weighted by atomic mass is 35.5. The van der Waals surface area contributed by atoms with Gasteiger partial charge >= 0.3 is 6.18 Å². The highest BCUT2D eigenvalue weighted by molar-refractivity contribution is 7.80. The smallest absolute Gasteiger partial charge is 0.389 e. The molecule has 0 spiro atoms. The van der Waals surface area contributed by atoms with Crippen molar-refractivity contribution in [2.24, 2.45) is 11.7 Å². The number of piperidine rings is 1. The van der Waals surface area contributed by atoms with Crippen LogP contribution < -0.4 is 10.6 Å². The van der Waals surface area contributed by atoms with E-state index in [2.05, 4.69) is 0 Å². The number of nitrogens with zero attached hydrogens (tertiary/aromatic N) is 1. The monoisotopic (exact) mass is 322 g/mol. The van der Waals surface area contributed by atoms with Gasteiger partial charge in [0.1, 0.15) is 4.99 Å². The number of rotatable bonds is 2. The molecule has 0 aromatic heterocycles. The Balaban J connectivity index is 2.29. The molecule has 1 atom stereocenters. The summed E-state index contributed by atoms with van der Waals surface area (Å²) in [6.45, 7) is 0.491. The van der Waals surface area contributed by atoms with Crippen molar-refractivity contribution in [3.63, 3.8) is 0 Å². The van der Waals surface area contributed by atoms with E-state index in [0.717, 1.165) is 0 Å². The molecular formula is C13H14ClF3N2S. The summed E-state index contributed by atoms with van der Waals surface area (Å²) in [5.74, 6) is -1.31. The Morgan fingerprint density at radius 2 is 2.10 bits per heavy atom. The molecule has 1 aromatic carbocycles. The van der Waals surface area contributed by atoms with Gasteiger partial charge in [-0.1, -0.05) is 23.8 Å². The van der Waals surface area contributed by atoms with Crippen LogP contribution >= 0.6 is 23.8 Å². The largest absolute Gasteiger partial charge is 0.393 e. The molecule has 1 unspecified atom stereocenters. The molecule has 1 heterocycles. The predicted molar refractivity (Wildman–Crippen MR) is 78.3 cm³/mol. The lowest BCUT2D eigenvalue weighted by Crippen LogP contribution is -2.42. The molecule has 0 aliphatic carbocycles. The molecule has 1 aliphatic rings. The Labute approximate surface area is 125 Å². The van der Waals surface area contributed by atoms with E-state index in [1.807, 2.05) is 0 Å². The summed E-state index contributed by atoms with van der Waals surface area (Å²) in [6, 6.07) is 4.90. The van der Waals surface area contributed by atoms with Crippen molar-refractivity contribution in [1.29, 1.82) is 0 Å². The van der Waals surface area contributed by atoms with Gasteiger partial charge in [0.15, 0.2) is 0 Å². The van der Waals surface area contributed by atoms with Gasteiger partial charge in [-0.05, 0) is 31.0 Å². The third kappa shape index (κ3) is 3.35. The first-order valence-corrected chi connectivity index (χ1v) is 6.98. The lowest BCUT2D eigenvalue weighted by molar-refractivity contribution is -0.175. The van der Waals surface area contributed by atoms with Gasteiger partial charge in [-0.15, -0.1) is 0 Å². The van der Waals surface area contributed by atoms with Crippen molar-refractivity contribution < 1.29 is 13.2 Å². The fourth-order valence-corrected chi connectivity index (χ4v) is 2.78. The van der Waals surface area contributed by atoms with Crippen molar-refractivity contribution in [1.82, 2.24) is 0 Å². The van der Waals surface area contributed by atoms with E-state index in [9.17, 15) is 13.2 Å². The molecule has 1 saturated heterocycles. The van der Waals surface area contributed by atoms with E-state index in [1.165, 1.54) is 0 Å². The van der Waals surface area contributed by atoms with Crippen LogP contribution in [0.15, 0.2) is 18.2 Å². The standard InChI is InChI=1S/C13H14ClF3N2S/c14-9-3-4-11(10(6-9)12(18)20)19-5-1-2-8(7-19)13(15,16)17/h3-4,6,8H,1-2,5,7H2,(H2,18,20). The molecule has 2 rings (SSSR count). The van der Waals surface area contributed by atoms with E-state index >= 15 is 0 Å². The summed E-state index contributed by atoms with van der Waals surface area (Å²) in [4.78, 5) is 1.82. The Bertz CT molecular complexity index is 519. The van der Waals surface area contributed by atoms with Crippen LogP contribution in [-0.2, 0) is 0 Å². The van der Waals surface area contributed by atoms with E-state index in [1.54, 1.807) is 23.1 Å². The van der Waals surface area contributed by atoms with Crippen LogP contribution in [0.5, 0.6) is 0 Å². The molecular weight excluding hydrogens is 309 g/mol. The van der Waals surface area contributed by atoms with Crippen LogP contribution in [0.25, 0.3) is 0 Å². The number of hydrogen-bond acceptors (Lipinski definition) is 2. The fourth-order valence-electron chi connectivity index (χ4n) is 2.44. The van der Waals surface area contributed by atoms with Crippen LogP contribution in [-0.4, -0.2) is 24.3 Å². The van der Waals surface area contributed by atoms with Crippen LogP contribution in [0.3, 0.4) is 0 Å². The predicted octanol–water partition coefficient (Wildman–Crippen LogP) is 3.75. The van der Waals surface area contributed by atoms with Crippen molar-refractivity contribution in [3.8, 4) is 0 Å². The van der Waals surface area contributed by atoms with Gasteiger partial charge in [0.2, 0.25) is 0 Å². The van der Waals surface area contributed by atoms with Crippen LogP contribution in [0, 0.1) is 5.92 Å². The minimum atomic E-state index is -4.17. The number of halogens is 4. The Morgan fingerprint density at radius 3 is 2.70 bits per heavy atom. The number of nitrogens with two attached hydrogens (primary N) is 1. The van der Waals surface area contributed by atoms with Gasteiger partial charge in [-0.3, -0.25) is 0 Å². The van der Waals surface area contributed by atoms with E-state index in [0.29, 0.717) is 29.2 Å². The van der Waals surface area contributed by atoms with E-state index in [4.69, 9.17) is 29.6 Å². The highest BCUT2D eigenvalue weighted by Gasteiger charge is 2.42. The van der Waals surface area contributed by atoms with Gasteiger partial charge in [0.05, 0.1) is 5.92 Å². The first kappa shape index (κ1) is 15.4. The molecule has 0 bridgehead atoms. The molecule has 7 heteroatoms. The van der Waals surface area contributed by atoms with Crippen molar-refractivity contribution in [2.45, 2.75) is 19.0 Å². The summed E-state index contributed by atoms with van der Waals surface area (Å²) >= 11 is 10.8. The fraction of sp³-hybridized carbons (Fsp3) is 0.462. The van der Waals surface area contributed by atoms with E-state index in [-0.39, 0.29) is 18.0 Å². The lowest BCUT2D eigenvalue weighted by atomic mass is 9.96. The molecule has 20 heavy (non-hydrogen) atoms. The minimum absolute atomic E-state index is 0.0687. The van der Waals surface area contributed by atoms with Gasteiger partial charge in [0.25, 0.3) is 0 Å². The molecule has 110 valence electrons. The second-order valence-corrected chi connectivity index (χ2v) is 5.73. The zero-order valence-electron chi connectivity index (χ0n) is 10.6. The maximum atomic E-state index is 12.9. The highest BCUT2D eigenvalue weighted by Crippen LogP contribution is 2.36. The summed E-state index contributed by atoms with van der Waals surface area (Å²) in [6.07, 6.45) is -3.52. The van der Waals surface area contributed by atoms with Crippen molar-refractivity contribution in [3.05, 3.63) is 28.8 Å². The van der Waals surface area contributed by atoms with Crippen molar-refractivity contribution >= 4 is 34.5 Å². The molecule has 2 N–H and O–H groups in total. The number of anilines is 1. The number of benzene rings is 1. The third-order valence-electron chi connectivity index (χ3n) is 3.45. The summed E-state index contributed by atoms with van der Waals surface area (Å²) in [7, 11) is 0. The Kier molecular flexibility index (Phi) is 4.44. The minimum Gasteiger partial charge on any atom is -0.389 e. The number of alkyl halides is 3. The van der Waals surface area contributed by atoms with Gasteiger partial charge < -0.3 is 10.6 Å². The molecule has 0 amide bonds. The zero-order valence-corrected chi connectivity index (χ0v) is 12.2. The average Bonchev–Trinajstić information content (AvgIpc) is 2.37. The topological polar surface area (TPSA) is 29.3 Å². The van der Waals surface area contributed by atoms with Gasteiger partial charge in [-0.2, -0.15) is 13.2 Å². The van der Waals surface area contributed by atoms with Gasteiger partial charge in [0, 0.05) is 29.4 Å². The SMILES string of the molecule is NC(=S)c1cc(Cl)ccc1N1CCCC(C(F)(F)F)C1. The maximum Gasteiger partial charge on any atom is 0.393 e. The van der Waals surface area contributed by atoms with Crippen LogP contribution in [0.2, 0.25) is 5.02 Å². The van der Waals surface area contributed by atoms with Crippen LogP contribution in [0.1, 0.15) is 18.4 Å². The van der Waals surface area contributed by atoms with Crippen molar-refractivity contribution in [2.75, 3.05) is 18.0 Å². The summed E-state index contributed by atoms with van der Waals surface area (Å²) < 4.78 is 38.6. The zero-order chi connectivity index (χ0) is 14.9. The maximum absolute atomic E-state index is 12.9. The first-order chi connectivity index (χ1) is 9.29. The Morgan fingerprint density at radius 1 is 1.40 bits per heavy atom. The number of hydrogen-bond donors (Lipinski definition) is 1. The average molecular weight is 323 g/mol. The molecule has 2 nitrogen and oxygen atoms in total. The second kappa shape index (κ2) is 5.77.